The number of allylic oxidation sites excluding steroid dienone is 2. The quantitative estimate of drug-likeness (QED) is 0.119. The molecule has 0 aliphatic heterocycles. The molecule has 0 aliphatic rings. The molecule has 0 aromatic rings. The summed E-state index contributed by atoms with van der Waals surface area (Å²) < 4.78 is 18.3. The Morgan fingerprint density at radius 3 is 1.93 bits per heavy atom. The van der Waals surface area contributed by atoms with E-state index >= 15 is 0 Å². The molecule has 0 fully saturated rings. The smallest absolute Gasteiger partial charge is 0.201 e. The van der Waals surface area contributed by atoms with Gasteiger partial charge in [-0.05, 0) is 35.9 Å². The molecule has 0 saturated carbocycles. The van der Waals surface area contributed by atoms with Crippen LogP contribution in [0.2, 0.25) is 16.6 Å². The standard InChI is InChI=1S/C22H43BrO3Si/c1-11-21(26-27(16(2)3,17(4)5)18(6)7)22(25-15-24-10)13-19(8)12-20(9)14-23/h11-12,16-19,21-22H,1,13-15H2,2-10H3/b20-12+/t19-,21-,22-/m0/s1. The summed E-state index contributed by atoms with van der Waals surface area (Å²) in [5, 5.41) is 0.895. The molecule has 0 spiro atoms. The van der Waals surface area contributed by atoms with Gasteiger partial charge in [-0.1, -0.05) is 82.1 Å². The third kappa shape index (κ3) is 8.13. The Balaban J connectivity index is 5.65. The van der Waals surface area contributed by atoms with Crippen LogP contribution in [0.3, 0.4) is 0 Å². The van der Waals surface area contributed by atoms with Gasteiger partial charge in [0.15, 0.2) is 0 Å². The number of alkyl halides is 1. The van der Waals surface area contributed by atoms with Gasteiger partial charge in [0.25, 0.3) is 0 Å². The molecule has 0 saturated heterocycles. The molecular formula is C22H43BrO3Si. The van der Waals surface area contributed by atoms with Crippen LogP contribution in [0, 0.1) is 5.92 Å². The van der Waals surface area contributed by atoms with Gasteiger partial charge >= 0.3 is 0 Å². The maximum absolute atomic E-state index is 6.97. The maximum Gasteiger partial charge on any atom is 0.201 e. The minimum atomic E-state index is -2.02. The Hall–Kier alpha value is 0.0569. The van der Waals surface area contributed by atoms with Crippen molar-refractivity contribution >= 4 is 24.2 Å². The van der Waals surface area contributed by atoms with E-state index in [1.807, 2.05) is 6.08 Å². The van der Waals surface area contributed by atoms with Crippen LogP contribution in [0.5, 0.6) is 0 Å². The van der Waals surface area contributed by atoms with E-state index in [2.05, 4.69) is 84.0 Å². The van der Waals surface area contributed by atoms with Gasteiger partial charge < -0.3 is 13.9 Å². The van der Waals surface area contributed by atoms with Gasteiger partial charge in [-0.15, -0.1) is 6.58 Å². The van der Waals surface area contributed by atoms with E-state index in [1.54, 1.807) is 7.11 Å². The van der Waals surface area contributed by atoms with Gasteiger partial charge in [0.2, 0.25) is 8.32 Å². The first-order valence-electron chi connectivity index (χ1n) is 10.2. The summed E-state index contributed by atoms with van der Waals surface area (Å²) in [5.41, 5.74) is 2.90. The summed E-state index contributed by atoms with van der Waals surface area (Å²) >= 11 is 3.53. The molecule has 5 heteroatoms. The van der Waals surface area contributed by atoms with Crippen LogP contribution in [0.4, 0.5) is 0 Å². The van der Waals surface area contributed by atoms with Crippen LogP contribution in [0.1, 0.15) is 61.8 Å². The fourth-order valence-corrected chi connectivity index (χ4v) is 10.1. The number of halogens is 1. The first-order valence-corrected chi connectivity index (χ1v) is 13.5. The van der Waals surface area contributed by atoms with E-state index in [1.165, 1.54) is 5.57 Å². The van der Waals surface area contributed by atoms with Crippen molar-refractivity contribution in [1.82, 2.24) is 0 Å². The average molecular weight is 464 g/mol. The van der Waals surface area contributed by atoms with Crippen molar-refractivity contribution in [2.24, 2.45) is 5.92 Å². The lowest BCUT2D eigenvalue weighted by atomic mass is 9.98. The summed E-state index contributed by atoms with van der Waals surface area (Å²) in [4.78, 5) is 0. The second-order valence-electron chi connectivity index (χ2n) is 8.61. The second kappa shape index (κ2) is 13.3. The Morgan fingerprint density at radius 2 is 1.56 bits per heavy atom. The summed E-state index contributed by atoms with van der Waals surface area (Å²) in [6.45, 7) is 22.6. The van der Waals surface area contributed by atoms with Gasteiger partial charge in [-0.2, -0.15) is 0 Å². The van der Waals surface area contributed by atoms with Crippen LogP contribution in [0.25, 0.3) is 0 Å². The minimum Gasteiger partial charge on any atom is -0.407 e. The van der Waals surface area contributed by atoms with Crippen molar-refractivity contribution in [3.8, 4) is 0 Å². The maximum atomic E-state index is 6.97. The Bertz CT molecular complexity index is 427. The molecule has 0 aromatic heterocycles. The van der Waals surface area contributed by atoms with Crippen LogP contribution < -0.4 is 0 Å². The van der Waals surface area contributed by atoms with Gasteiger partial charge in [-0.25, -0.2) is 0 Å². The van der Waals surface area contributed by atoms with Crippen molar-refractivity contribution in [3.63, 3.8) is 0 Å². The molecule has 0 aromatic carbocycles. The molecular weight excluding hydrogens is 420 g/mol. The topological polar surface area (TPSA) is 27.7 Å². The largest absolute Gasteiger partial charge is 0.407 e. The molecule has 0 bridgehead atoms. The van der Waals surface area contributed by atoms with Crippen molar-refractivity contribution in [3.05, 3.63) is 24.3 Å². The fourth-order valence-electron chi connectivity index (χ4n) is 4.34. The molecule has 3 nitrogen and oxygen atoms in total. The van der Waals surface area contributed by atoms with Crippen molar-refractivity contribution in [2.75, 3.05) is 19.2 Å². The molecule has 0 heterocycles. The van der Waals surface area contributed by atoms with E-state index in [9.17, 15) is 0 Å². The van der Waals surface area contributed by atoms with Crippen molar-refractivity contribution in [2.45, 2.75) is 90.6 Å². The van der Waals surface area contributed by atoms with Crippen LogP contribution in [0.15, 0.2) is 24.3 Å². The zero-order chi connectivity index (χ0) is 21.2. The third-order valence-electron chi connectivity index (χ3n) is 5.43. The van der Waals surface area contributed by atoms with Gasteiger partial charge in [0, 0.05) is 12.4 Å². The highest BCUT2D eigenvalue weighted by Crippen LogP contribution is 2.43. The molecule has 0 N–H and O–H groups in total. The molecule has 160 valence electrons. The average Bonchev–Trinajstić information content (AvgIpc) is 2.58. The first-order chi connectivity index (χ1) is 12.6. The predicted molar refractivity (Wildman–Crippen MR) is 124 cm³/mol. The van der Waals surface area contributed by atoms with E-state index in [0.29, 0.717) is 22.5 Å². The number of hydrogen-bond donors (Lipinski definition) is 0. The molecule has 0 rings (SSSR count). The lowest BCUT2D eigenvalue weighted by Gasteiger charge is -2.45. The van der Waals surface area contributed by atoms with E-state index in [4.69, 9.17) is 13.9 Å². The molecule has 3 atom stereocenters. The number of ether oxygens (including phenoxy) is 2. The van der Waals surface area contributed by atoms with Gasteiger partial charge in [0.05, 0.1) is 12.2 Å². The van der Waals surface area contributed by atoms with Crippen LogP contribution in [-0.4, -0.2) is 39.8 Å². The predicted octanol–water partition coefficient (Wildman–Crippen LogP) is 7.09. The molecule has 0 aliphatic carbocycles. The molecule has 0 unspecified atom stereocenters. The highest BCUT2D eigenvalue weighted by Gasteiger charge is 2.47. The van der Waals surface area contributed by atoms with E-state index < -0.39 is 8.32 Å². The normalized spacial score (nSPS) is 16.9. The Labute approximate surface area is 178 Å². The van der Waals surface area contributed by atoms with Crippen LogP contribution in [-0.2, 0) is 13.9 Å². The highest BCUT2D eigenvalue weighted by atomic mass is 79.9. The van der Waals surface area contributed by atoms with Crippen molar-refractivity contribution < 1.29 is 13.9 Å². The Kier molecular flexibility index (Phi) is 13.3. The summed E-state index contributed by atoms with van der Waals surface area (Å²) in [6, 6.07) is 0. The Morgan fingerprint density at radius 1 is 1.04 bits per heavy atom. The zero-order valence-corrected chi connectivity index (χ0v) is 21.6. The number of rotatable bonds is 14. The second-order valence-corrected chi connectivity index (χ2v) is 14.6. The van der Waals surface area contributed by atoms with Crippen LogP contribution >= 0.6 is 15.9 Å². The number of hydrogen-bond acceptors (Lipinski definition) is 3. The van der Waals surface area contributed by atoms with Crippen molar-refractivity contribution in [1.29, 1.82) is 0 Å². The number of methoxy groups -OCH3 is 1. The molecule has 0 amide bonds. The first kappa shape index (κ1) is 27.1. The lowest BCUT2D eigenvalue weighted by Crippen LogP contribution is -2.52. The lowest BCUT2D eigenvalue weighted by molar-refractivity contribution is -0.105. The van der Waals surface area contributed by atoms with E-state index in [0.717, 1.165) is 11.8 Å². The third-order valence-corrected chi connectivity index (χ3v) is 12.4. The molecule has 0 radical (unpaired) electrons. The van der Waals surface area contributed by atoms with E-state index in [-0.39, 0.29) is 19.0 Å². The zero-order valence-electron chi connectivity index (χ0n) is 19.0. The van der Waals surface area contributed by atoms with Gasteiger partial charge in [-0.3, -0.25) is 0 Å². The summed E-state index contributed by atoms with van der Waals surface area (Å²) in [7, 11) is -0.357. The molecule has 27 heavy (non-hydrogen) atoms. The van der Waals surface area contributed by atoms with Gasteiger partial charge in [0.1, 0.15) is 6.79 Å². The monoisotopic (exact) mass is 462 g/mol. The minimum absolute atomic E-state index is 0.0695. The highest BCUT2D eigenvalue weighted by molar-refractivity contribution is 9.09. The fraction of sp³-hybridized carbons (Fsp3) is 0.818. The summed E-state index contributed by atoms with van der Waals surface area (Å²) in [6.07, 6.45) is 4.92. The SMILES string of the molecule is C=C[C@H](O[Si](C(C)C)(C(C)C)C(C)C)[C@H](C[C@@H](C)/C=C(\C)CBr)OCOC. The summed E-state index contributed by atoms with van der Waals surface area (Å²) in [5.74, 6) is 0.392.